The lowest BCUT2D eigenvalue weighted by molar-refractivity contribution is 0.588. The van der Waals surface area contributed by atoms with Crippen LogP contribution >= 0.6 is 0 Å². The molecule has 0 atom stereocenters. The lowest BCUT2D eigenvalue weighted by Gasteiger charge is -2.16. The zero-order valence-corrected chi connectivity index (χ0v) is 14.9. The number of rotatable bonds is 6. The first-order valence-corrected chi connectivity index (χ1v) is 9.32. The summed E-state index contributed by atoms with van der Waals surface area (Å²) in [6, 6.07) is 15.0. The van der Waals surface area contributed by atoms with E-state index in [0.29, 0.717) is 17.9 Å². The molecule has 2 aromatic carbocycles. The van der Waals surface area contributed by atoms with Crippen LogP contribution in [0.15, 0.2) is 66.0 Å². The van der Waals surface area contributed by atoms with E-state index < -0.39 is 10.0 Å². The molecule has 3 aromatic rings. The largest absolute Gasteiger partial charge is 0.379 e. The second-order valence-corrected chi connectivity index (χ2v) is 7.50. The highest BCUT2D eigenvalue weighted by molar-refractivity contribution is 7.89. The molecule has 0 saturated heterocycles. The van der Waals surface area contributed by atoms with E-state index in [4.69, 9.17) is 0 Å². The molecule has 0 spiro atoms. The molecule has 0 fully saturated rings. The van der Waals surface area contributed by atoms with Gasteiger partial charge in [-0.15, -0.1) is 0 Å². The number of aromatic nitrogens is 2. The zero-order chi connectivity index (χ0) is 17.9. The summed E-state index contributed by atoms with van der Waals surface area (Å²) in [7, 11) is -0.321. The fourth-order valence-electron chi connectivity index (χ4n) is 2.60. The predicted molar refractivity (Wildman–Crippen MR) is 98.7 cm³/mol. The van der Waals surface area contributed by atoms with Gasteiger partial charge in [0.25, 0.3) is 0 Å². The molecule has 0 bridgehead atoms. The number of imidazole rings is 1. The number of hydrogen-bond donors (Lipinski definition) is 2. The van der Waals surface area contributed by atoms with Crippen LogP contribution in [0.1, 0.15) is 5.56 Å². The maximum Gasteiger partial charge on any atom is 0.242 e. The van der Waals surface area contributed by atoms with Gasteiger partial charge in [-0.2, -0.15) is 0 Å². The van der Waals surface area contributed by atoms with Gasteiger partial charge in [0, 0.05) is 25.4 Å². The van der Waals surface area contributed by atoms with Crippen molar-refractivity contribution >= 4 is 15.7 Å². The summed E-state index contributed by atoms with van der Waals surface area (Å²) in [5.41, 5.74) is 3.06. The van der Waals surface area contributed by atoms with Crippen molar-refractivity contribution in [1.82, 2.24) is 14.3 Å². The van der Waals surface area contributed by atoms with Crippen molar-refractivity contribution in [3.63, 3.8) is 0 Å². The number of nitrogens with zero attached hydrogens (tertiary/aromatic N) is 2. The first-order valence-electron chi connectivity index (χ1n) is 7.84. The van der Waals surface area contributed by atoms with Gasteiger partial charge in [0.15, 0.2) is 0 Å². The lowest BCUT2D eigenvalue weighted by Crippen LogP contribution is -2.20. The second-order valence-electron chi connectivity index (χ2n) is 5.65. The van der Waals surface area contributed by atoms with Crippen molar-refractivity contribution in [3.8, 4) is 11.3 Å². The van der Waals surface area contributed by atoms with Gasteiger partial charge in [-0.3, -0.25) is 0 Å². The summed E-state index contributed by atoms with van der Waals surface area (Å²) in [4.78, 5) is 4.56. The number of benzene rings is 2. The van der Waals surface area contributed by atoms with Gasteiger partial charge in [-0.05, 0) is 18.7 Å². The van der Waals surface area contributed by atoms with Crippen LogP contribution in [0, 0.1) is 0 Å². The molecule has 0 saturated carbocycles. The molecule has 130 valence electrons. The second kappa shape index (κ2) is 7.08. The Kier molecular flexibility index (Phi) is 4.87. The summed E-state index contributed by atoms with van der Waals surface area (Å²) >= 11 is 0. The lowest BCUT2D eigenvalue weighted by atomic mass is 10.1. The topological polar surface area (TPSA) is 76.0 Å². The Labute approximate surface area is 147 Å². The van der Waals surface area contributed by atoms with Gasteiger partial charge in [-0.25, -0.2) is 18.1 Å². The summed E-state index contributed by atoms with van der Waals surface area (Å²) in [6.07, 6.45) is 3.55. The van der Waals surface area contributed by atoms with Crippen LogP contribution in [0.3, 0.4) is 0 Å². The first kappa shape index (κ1) is 17.2. The molecule has 0 aliphatic carbocycles. The predicted octanol–water partition coefficient (Wildman–Crippen LogP) is 2.61. The molecule has 0 unspecified atom stereocenters. The van der Waals surface area contributed by atoms with Gasteiger partial charge < -0.3 is 9.88 Å². The normalized spacial score (nSPS) is 11.4. The highest BCUT2D eigenvalue weighted by Gasteiger charge is 2.20. The number of aryl methyl sites for hydroxylation is 1. The Morgan fingerprint density at radius 1 is 1.08 bits per heavy atom. The van der Waals surface area contributed by atoms with Crippen molar-refractivity contribution in [2.75, 3.05) is 12.4 Å². The fraction of sp³-hybridized carbons (Fsp3) is 0.167. The zero-order valence-electron chi connectivity index (χ0n) is 14.1. The van der Waals surface area contributed by atoms with Crippen LogP contribution in [-0.4, -0.2) is 25.0 Å². The van der Waals surface area contributed by atoms with Crippen molar-refractivity contribution < 1.29 is 8.42 Å². The van der Waals surface area contributed by atoms with Crippen molar-refractivity contribution in [2.24, 2.45) is 7.05 Å². The Hall–Kier alpha value is -2.64. The average molecular weight is 356 g/mol. The molecule has 0 amide bonds. The van der Waals surface area contributed by atoms with E-state index in [0.717, 1.165) is 11.1 Å². The van der Waals surface area contributed by atoms with Crippen LogP contribution in [0.2, 0.25) is 0 Å². The highest BCUT2D eigenvalue weighted by Crippen LogP contribution is 2.33. The van der Waals surface area contributed by atoms with Gasteiger partial charge in [0.2, 0.25) is 10.0 Å². The minimum Gasteiger partial charge on any atom is -0.379 e. The fourth-order valence-corrected chi connectivity index (χ4v) is 3.53. The van der Waals surface area contributed by atoms with E-state index in [9.17, 15) is 8.42 Å². The van der Waals surface area contributed by atoms with Crippen LogP contribution in [0.25, 0.3) is 11.3 Å². The van der Waals surface area contributed by atoms with Gasteiger partial charge in [0.1, 0.15) is 4.90 Å². The molecular formula is C18H20N4O2S. The standard InChI is InChI=1S/C18H20N4O2S/c1-19-25(23,24)17-10-6-9-15(16-12-22(2)13-21-16)18(17)20-11-14-7-4-3-5-8-14/h3-10,12-13,19-20H,11H2,1-2H3. The third-order valence-corrected chi connectivity index (χ3v) is 5.33. The molecule has 7 heteroatoms. The summed E-state index contributed by atoms with van der Waals surface area (Å²) in [5, 5.41) is 3.28. The molecule has 1 heterocycles. The van der Waals surface area contributed by atoms with Crippen LogP contribution in [0.4, 0.5) is 5.69 Å². The smallest absolute Gasteiger partial charge is 0.242 e. The molecule has 0 aliphatic rings. The van der Waals surface area contributed by atoms with Gasteiger partial charge >= 0.3 is 0 Å². The van der Waals surface area contributed by atoms with E-state index in [2.05, 4.69) is 15.0 Å². The first-order chi connectivity index (χ1) is 12.0. The molecule has 3 rings (SSSR count). The van der Waals surface area contributed by atoms with E-state index in [1.54, 1.807) is 18.5 Å². The Balaban J connectivity index is 2.08. The number of anilines is 1. The molecular weight excluding hydrogens is 336 g/mol. The van der Waals surface area contributed by atoms with Crippen LogP contribution in [0.5, 0.6) is 0 Å². The molecule has 2 N–H and O–H groups in total. The quantitative estimate of drug-likeness (QED) is 0.712. The minimum absolute atomic E-state index is 0.203. The number of para-hydroxylation sites is 1. The SMILES string of the molecule is CNS(=O)(=O)c1cccc(-c2cn(C)cn2)c1NCc1ccccc1. The molecule has 0 radical (unpaired) electrons. The van der Waals surface area contributed by atoms with E-state index in [1.807, 2.05) is 54.2 Å². The molecule has 1 aromatic heterocycles. The summed E-state index contributed by atoms with van der Waals surface area (Å²) in [5.74, 6) is 0. The van der Waals surface area contributed by atoms with Crippen LogP contribution in [-0.2, 0) is 23.6 Å². The number of sulfonamides is 1. The highest BCUT2D eigenvalue weighted by atomic mass is 32.2. The van der Waals surface area contributed by atoms with Gasteiger partial charge in [0.05, 0.1) is 17.7 Å². The number of hydrogen-bond acceptors (Lipinski definition) is 4. The maximum absolute atomic E-state index is 12.4. The third kappa shape index (κ3) is 3.72. The molecule has 6 nitrogen and oxygen atoms in total. The Morgan fingerprint density at radius 3 is 2.48 bits per heavy atom. The van der Waals surface area contributed by atoms with E-state index in [1.165, 1.54) is 7.05 Å². The number of nitrogens with one attached hydrogen (secondary N) is 2. The minimum atomic E-state index is -3.60. The molecule has 0 aliphatic heterocycles. The van der Waals surface area contributed by atoms with Crippen molar-refractivity contribution in [1.29, 1.82) is 0 Å². The Bertz CT molecular complexity index is 966. The van der Waals surface area contributed by atoms with Crippen molar-refractivity contribution in [2.45, 2.75) is 11.4 Å². The molecule has 25 heavy (non-hydrogen) atoms. The third-order valence-electron chi connectivity index (χ3n) is 3.88. The maximum atomic E-state index is 12.4. The van der Waals surface area contributed by atoms with E-state index in [-0.39, 0.29) is 4.90 Å². The summed E-state index contributed by atoms with van der Waals surface area (Å²) in [6.45, 7) is 0.511. The summed E-state index contributed by atoms with van der Waals surface area (Å²) < 4.78 is 29.1. The van der Waals surface area contributed by atoms with Gasteiger partial charge in [-0.1, -0.05) is 42.5 Å². The average Bonchev–Trinajstić information content (AvgIpc) is 3.06. The Morgan fingerprint density at radius 2 is 1.84 bits per heavy atom. The monoisotopic (exact) mass is 356 g/mol. The van der Waals surface area contributed by atoms with Crippen LogP contribution < -0.4 is 10.0 Å². The van der Waals surface area contributed by atoms with E-state index >= 15 is 0 Å². The van der Waals surface area contributed by atoms with Crippen molar-refractivity contribution in [3.05, 3.63) is 66.6 Å².